The van der Waals surface area contributed by atoms with Crippen LogP contribution in [0.1, 0.15) is 25.5 Å². The number of ether oxygens (including phenoxy) is 2. The van der Waals surface area contributed by atoms with Crippen LogP contribution in [0.2, 0.25) is 0 Å². The summed E-state index contributed by atoms with van der Waals surface area (Å²) in [6.07, 6.45) is 3.31. The molecule has 1 aliphatic heterocycles. The lowest BCUT2D eigenvalue weighted by Gasteiger charge is -2.34. The third-order valence-corrected chi connectivity index (χ3v) is 9.90. The molecule has 1 N–H and O–H groups in total. The first kappa shape index (κ1) is 26.9. The summed E-state index contributed by atoms with van der Waals surface area (Å²) in [5.74, 6) is 1.50. The standard InChI is InChI=1S/C30H29N5O5S/c1-21-20-39-18-17-35(21)27-19-26(30(13-14-30)41(37,38)25-11-15-31-16-12-25)33-28(34-27)22-7-9-23(10-8-22)32-29(36)40-24-5-3-2-4-6-24/h2-12,15-16,19,21H,13-14,17-18,20H2,1H3,(H,32,36)/t21-/m0/s1. The monoisotopic (exact) mass is 571 g/mol. The molecule has 2 aromatic heterocycles. The second kappa shape index (κ2) is 10.9. The Morgan fingerprint density at radius 3 is 2.44 bits per heavy atom. The Hall–Kier alpha value is -4.35. The summed E-state index contributed by atoms with van der Waals surface area (Å²) >= 11 is 0. The number of pyridine rings is 1. The molecular weight excluding hydrogens is 542 g/mol. The Morgan fingerprint density at radius 1 is 1.02 bits per heavy atom. The molecule has 2 aromatic carbocycles. The lowest BCUT2D eigenvalue weighted by Crippen LogP contribution is -2.44. The van der Waals surface area contributed by atoms with Crippen molar-refractivity contribution in [3.05, 3.63) is 90.9 Å². The van der Waals surface area contributed by atoms with Gasteiger partial charge < -0.3 is 14.4 Å². The fourth-order valence-corrected chi connectivity index (χ4v) is 6.92. The SMILES string of the molecule is C[C@H]1COCCN1c1cc(C2(S(=O)(=O)c3ccncc3)CC2)nc(-c2ccc(NC(=O)Oc3ccccc3)cc2)n1. The summed E-state index contributed by atoms with van der Waals surface area (Å²) in [5.41, 5.74) is 1.70. The Morgan fingerprint density at radius 2 is 1.76 bits per heavy atom. The molecule has 1 saturated heterocycles. The number of hydrogen-bond donors (Lipinski definition) is 1. The molecule has 11 heteroatoms. The summed E-state index contributed by atoms with van der Waals surface area (Å²) in [4.78, 5) is 28.3. The average Bonchev–Trinajstić information content (AvgIpc) is 3.82. The predicted molar refractivity (Wildman–Crippen MR) is 154 cm³/mol. The average molecular weight is 572 g/mol. The molecule has 2 aliphatic rings. The fraction of sp³-hybridized carbons (Fsp3) is 0.267. The van der Waals surface area contributed by atoms with Gasteiger partial charge in [0, 0.05) is 36.3 Å². The quantitative estimate of drug-likeness (QED) is 0.332. The number of benzene rings is 2. The van der Waals surface area contributed by atoms with Gasteiger partial charge in [0.1, 0.15) is 16.3 Å². The van der Waals surface area contributed by atoms with E-state index in [1.807, 2.05) is 12.1 Å². The summed E-state index contributed by atoms with van der Waals surface area (Å²) in [6, 6.07) is 20.8. The fourth-order valence-electron chi connectivity index (χ4n) is 4.97. The van der Waals surface area contributed by atoms with E-state index in [1.165, 1.54) is 24.5 Å². The number of para-hydroxylation sites is 1. The van der Waals surface area contributed by atoms with Crippen molar-refractivity contribution in [1.29, 1.82) is 0 Å². The van der Waals surface area contributed by atoms with E-state index >= 15 is 0 Å². The Labute approximate surface area is 238 Å². The first-order valence-electron chi connectivity index (χ1n) is 13.4. The molecule has 10 nitrogen and oxygen atoms in total. The van der Waals surface area contributed by atoms with Crippen LogP contribution in [0.5, 0.6) is 5.75 Å². The number of amides is 1. The molecule has 3 heterocycles. The van der Waals surface area contributed by atoms with Gasteiger partial charge in [0.25, 0.3) is 0 Å². The molecule has 210 valence electrons. The zero-order chi connectivity index (χ0) is 28.5. The van der Waals surface area contributed by atoms with Crippen molar-refractivity contribution in [2.75, 3.05) is 30.0 Å². The number of nitrogens with one attached hydrogen (secondary N) is 1. The largest absolute Gasteiger partial charge is 0.417 e. The molecule has 1 atom stereocenters. The van der Waals surface area contributed by atoms with Crippen LogP contribution in [0.3, 0.4) is 0 Å². The van der Waals surface area contributed by atoms with Gasteiger partial charge in [-0.15, -0.1) is 0 Å². The lowest BCUT2D eigenvalue weighted by atomic mass is 10.1. The van der Waals surface area contributed by atoms with Crippen LogP contribution in [0.25, 0.3) is 11.4 Å². The highest BCUT2D eigenvalue weighted by Gasteiger charge is 2.58. The minimum Gasteiger partial charge on any atom is -0.410 e. The van der Waals surface area contributed by atoms with Gasteiger partial charge >= 0.3 is 6.09 Å². The highest BCUT2D eigenvalue weighted by molar-refractivity contribution is 7.92. The van der Waals surface area contributed by atoms with Crippen molar-refractivity contribution in [2.45, 2.75) is 35.4 Å². The number of aromatic nitrogens is 3. The maximum absolute atomic E-state index is 13.8. The summed E-state index contributed by atoms with van der Waals surface area (Å²) in [7, 11) is -3.72. The van der Waals surface area contributed by atoms with Gasteiger partial charge in [0.2, 0.25) is 0 Å². The highest BCUT2D eigenvalue weighted by Crippen LogP contribution is 2.55. The summed E-state index contributed by atoms with van der Waals surface area (Å²) < 4.78 is 37.4. The third kappa shape index (κ3) is 5.38. The first-order valence-corrected chi connectivity index (χ1v) is 14.9. The molecule has 0 bridgehead atoms. The number of morpholine rings is 1. The van der Waals surface area contributed by atoms with Crippen molar-refractivity contribution < 1.29 is 22.7 Å². The van der Waals surface area contributed by atoms with E-state index in [0.29, 0.717) is 66.9 Å². The van der Waals surface area contributed by atoms with E-state index in [0.717, 1.165) is 0 Å². The number of nitrogens with zero attached hydrogens (tertiary/aromatic N) is 4. The maximum Gasteiger partial charge on any atom is 0.417 e. The van der Waals surface area contributed by atoms with Crippen LogP contribution < -0.4 is 15.0 Å². The molecule has 1 aliphatic carbocycles. The van der Waals surface area contributed by atoms with Crippen LogP contribution in [-0.2, 0) is 19.3 Å². The first-order chi connectivity index (χ1) is 19.9. The number of sulfone groups is 1. The number of anilines is 2. The molecular formula is C30H29N5O5S. The van der Waals surface area contributed by atoms with Crippen LogP contribution in [0, 0.1) is 0 Å². The van der Waals surface area contributed by atoms with Crippen LogP contribution in [-0.4, -0.2) is 55.3 Å². The van der Waals surface area contributed by atoms with Gasteiger partial charge in [-0.2, -0.15) is 0 Å². The Bertz CT molecular complexity index is 1650. The predicted octanol–water partition coefficient (Wildman–Crippen LogP) is 4.84. The minimum atomic E-state index is -3.72. The van der Waals surface area contributed by atoms with Crippen molar-refractivity contribution >= 4 is 27.4 Å². The zero-order valence-electron chi connectivity index (χ0n) is 22.4. The van der Waals surface area contributed by atoms with E-state index in [-0.39, 0.29) is 10.9 Å². The summed E-state index contributed by atoms with van der Waals surface area (Å²) in [5, 5.41) is 2.71. The van der Waals surface area contributed by atoms with Crippen molar-refractivity contribution in [3.63, 3.8) is 0 Å². The highest BCUT2D eigenvalue weighted by atomic mass is 32.2. The number of carbonyl (C=O) groups is 1. The van der Waals surface area contributed by atoms with Crippen LogP contribution in [0.4, 0.5) is 16.3 Å². The molecule has 0 unspecified atom stereocenters. The molecule has 0 radical (unpaired) electrons. The molecule has 1 saturated carbocycles. The molecule has 1 amide bonds. The van der Waals surface area contributed by atoms with Gasteiger partial charge in [0.15, 0.2) is 15.7 Å². The van der Waals surface area contributed by atoms with E-state index < -0.39 is 20.7 Å². The zero-order valence-corrected chi connectivity index (χ0v) is 23.3. The second-order valence-corrected chi connectivity index (χ2v) is 12.4. The smallest absolute Gasteiger partial charge is 0.410 e. The number of hydrogen-bond acceptors (Lipinski definition) is 9. The number of rotatable bonds is 7. The van der Waals surface area contributed by atoms with Gasteiger partial charge in [0.05, 0.1) is 29.8 Å². The number of carbonyl (C=O) groups excluding carboxylic acids is 1. The normalized spacial score (nSPS) is 18.0. The molecule has 6 rings (SSSR count). The third-order valence-electron chi connectivity index (χ3n) is 7.36. The molecule has 41 heavy (non-hydrogen) atoms. The lowest BCUT2D eigenvalue weighted by molar-refractivity contribution is 0.0985. The van der Waals surface area contributed by atoms with Gasteiger partial charge in [-0.05, 0) is 68.3 Å². The van der Waals surface area contributed by atoms with E-state index in [9.17, 15) is 13.2 Å². The van der Waals surface area contributed by atoms with Gasteiger partial charge in [-0.3, -0.25) is 10.3 Å². The molecule has 2 fully saturated rings. The maximum atomic E-state index is 13.8. The molecule has 4 aromatic rings. The second-order valence-electron chi connectivity index (χ2n) is 10.1. The van der Waals surface area contributed by atoms with E-state index in [2.05, 4.69) is 22.1 Å². The summed E-state index contributed by atoms with van der Waals surface area (Å²) in [6.45, 7) is 3.79. The van der Waals surface area contributed by atoms with Crippen molar-refractivity contribution in [2.24, 2.45) is 0 Å². The van der Waals surface area contributed by atoms with Gasteiger partial charge in [-0.1, -0.05) is 18.2 Å². The minimum absolute atomic E-state index is 0.0634. The molecule has 0 spiro atoms. The van der Waals surface area contributed by atoms with Crippen molar-refractivity contribution in [3.8, 4) is 17.1 Å². The Balaban J connectivity index is 1.33. The van der Waals surface area contributed by atoms with E-state index in [4.69, 9.17) is 19.4 Å². The van der Waals surface area contributed by atoms with Crippen molar-refractivity contribution in [1.82, 2.24) is 15.0 Å². The van der Waals surface area contributed by atoms with Crippen LogP contribution in [0.15, 0.2) is 90.1 Å². The van der Waals surface area contributed by atoms with E-state index in [1.54, 1.807) is 48.5 Å². The Kier molecular flexibility index (Phi) is 7.14. The topological polar surface area (TPSA) is 124 Å². The van der Waals surface area contributed by atoms with Gasteiger partial charge in [-0.25, -0.2) is 23.2 Å². The van der Waals surface area contributed by atoms with Crippen LogP contribution >= 0.6 is 0 Å².